The smallest absolute Gasteiger partial charge is 0.270 e. The van der Waals surface area contributed by atoms with Crippen molar-refractivity contribution in [2.45, 2.75) is 45.2 Å². The minimum atomic E-state index is -0.102. The second-order valence-corrected chi connectivity index (χ2v) is 5.61. The number of rotatable bonds is 5. The van der Waals surface area contributed by atoms with Gasteiger partial charge >= 0.3 is 0 Å². The van der Waals surface area contributed by atoms with Crippen molar-refractivity contribution in [2.75, 3.05) is 0 Å². The van der Waals surface area contributed by atoms with Crippen molar-refractivity contribution in [3.63, 3.8) is 0 Å². The average Bonchev–Trinajstić information content (AvgIpc) is 2.83. The zero-order chi connectivity index (χ0) is 12.4. The van der Waals surface area contributed by atoms with Crippen LogP contribution < -0.4 is 11.1 Å². The standard InChI is InChI=1S/C12H19N3OS/c1-3-4-8-5-9(8)14-11(16)10-6-17-12(15-10)7(2)13/h6-9H,3-5,13H2,1-2H3,(H,14,16). The molecule has 0 aromatic carbocycles. The first-order valence-electron chi connectivity index (χ1n) is 6.13. The molecule has 1 aliphatic carbocycles. The van der Waals surface area contributed by atoms with Gasteiger partial charge in [-0.25, -0.2) is 4.98 Å². The van der Waals surface area contributed by atoms with Crippen LogP contribution in [0.25, 0.3) is 0 Å². The largest absolute Gasteiger partial charge is 0.348 e. The van der Waals surface area contributed by atoms with E-state index in [0.717, 1.165) is 11.4 Å². The van der Waals surface area contributed by atoms with Crippen LogP contribution in [0.5, 0.6) is 0 Å². The van der Waals surface area contributed by atoms with E-state index in [9.17, 15) is 4.79 Å². The maximum atomic E-state index is 11.9. The Morgan fingerprint density at radius 3 is 3.12 bits per heavy atom. The molecule has 1 heterocycles. The summed E-state index contributed by atoms with van der Waals surface area (Å²) in [6.07, 6.45) is 3.50. The van der Waals surface area contributed by atoms with Gasteiger partial charge in [-0.15, -0.1) is 11.3 Å². The molecular formula is C12H19N3OS. The molecule has 3 unspecified atom stereocenters. The van der Waals surface area contributed by atoms with Crippen LogP contribution in [0, 0.1) is 5.92 Å². The van der Waals surface area contributed by atoms with E-state index in [0.29, 0.717) is 17.7 Å². The summed E-state index contributed by atoms with van der Waals surface area (Å²) in [6, 6.07) is 0.262. The second kappa shape index (κ2) is 5.14. The Morgan fingerprint density at radius 1 is 1.76 bits per heavy atom. The van der Waals surface area contributed by atoms with Crippen molar-refractivity contribution in [3.8, 4) is 0 Å². The molecular weight excluding hydrogens is 234 g/mol. The summed E-state index contributed by atoms with van der Waals surface area (Å²) in [6.45, 7) is 4.05. The van der Waals surface area contributed by atoms with E-state index < -0.39 is 0 Å². The number of nitrogens with one attached hydrogen (secondary N) is 1. The van der Waals surface area contributed by atoms with Gasteiger partial charge in [0.05, 0.1) is 6.04 Å². The summed E-state index contributed by atoms with van der Waals surface area (Å²) in [4.78, 5) is 16.1. The van der Waals surface area contributed by atoms with Crippen LogP contribution in [0.3, 0.4) is 0 Å². The lowest BCUT2D eigenvalue weighted by Crippen LogP contribution is -2.27. The molecule has 0 bridgehead atoms. The molecule has 1 amide bonds. The third-order valence-corrected chi connectivity index (χ3v) is 4.09. The molecule has 0 radical (unpaired) electrons. The Morgan fingerprint density at radius 2 is 2.53 bits per heavy atom. The third-order valence-electron chi connectivity index (χ3n) is 3.04. The SMILES string of the molecule is CCCC1CC1NC(=O)c1csc(C(C)N)n1. The van der Waals surface area contributed by atoms with Crippen LogP contribution in [-0.4, -0.2) is 16.9 Å². The molecule has 5 heteroatoms. The van der Waals surface area contributed by atoms with E-state index in [-0.39, 0.29) is 11.9 Å². The van der Waals surface area contributed by atoms with Crippen molar-refractivity contribution >= 4 is 17.2 Å². The van der Waals surface area contributed by atoms with Crippen molar-refractivity contribution in [1.29, 1.82) is 0 Å². The highest BCUT2D eigenvalue weighted by Crippen LogP contribution is 2.34. The molecule has 0 saturated heterocycles. The zero-order valence-corrected chi connectivity index (χ0v) is 11.1. The summed E-state index contributed by atoms with van der Waals surface area (Å²) in [5.41, 5.74) is 6.22. The highest BCUT2D eigenvalue weighted by molar-refractivity contribution is 7.09. The van der Waals surface area contributed by atoms with Crippen LogP contribution >= 0.6 is 11.3 Å². The number of nitrogens with zero attached hydrogens (tertiary/aromatic N) is 1. The van der Waals surface area contributed by atoms with Gasteiger partial charge in [0, 0.05) is 11.4 Å². The first kappa shape index (κ1) is 12.5. The number of carbonyl (C=O) groups is 1. The highest BCUT2D eigenvalue weighted by atomic mass is 32.1. The number of aromatic nitrogens is 1. The van der Waals surface area contributed by atoms with Crippen molar-refractivity contribution < 1.29 is 4.79 Å². The Bertz CT molecular complexity index is 402. The molecule has 1 aromatic rings. The van der Waals surface area contributed by atoms with Gasteiger partial charge in [-0.1, -0.05) is 13.3 Å². The van der Waals surface area contributed by atoms with Gasteiger partial charge in [-0.05, 0) is 25.7 Å². The third kappa shape index (κ3) is 3.04. The number of hydrogen-bond donors (Lipinski definition) is 2. The quantitative estimate of drug-likeness (QED) is 0.844. The van der Waals surface area contributed by atoms with Crippen molar-refractivity contribution in [3.05, 3.63) is 16.1 Å². The molecule has 3 N–H and O–H groups in total. The fraction of sp³-hybridized carbons (Fsp3) is 0.667. The second-order valence-electron chi connectivity index (χ2n) is 4.72. The van der Waals surface area contributed by atoms with E-state index in [1.807, 2.05) is 6.92 Å². The monoisotopic (exact) mass is 253 g/mol. The zero-order valence-electron chi connectivity index (χ0n) is 10.3. The Hall–Kier alpha value is -0.940. The first-order chi connectivity index (χ1) is 8.11. The van der Waals surface area contributed by atoms with Gasteiger partial charge in [-0.3, -0.25) is 4.79 Å². The maximum absolute atomic E-state index is 11.9. The molecule has 0 spiro atoms. The van der Waals surface area contributed by atoms with Gasteiger partial charge < -0.3 is 11.1 Å². The molecule has 4 nitrogen and oxygen atoms in total. The fourth-order valence-corrected chi connectivity index (χ4v) is 2.72. The number of hydrogen-bond acceptors (Lipinski definition) is 4. The first-order valence-corrected chi connectivity index (χ1v) is 7.01. The molecule has 1 aromatic heterocycles. The summed E-state index contributed by atoms with van der Waals surface area (Å²) < 4.78 is 0. The molecule has 1 aliphatic rings. The van der Waals surface area contributed by atoms with Crippen LogP contribution in [0.15, 0.2) is 5.38 Å². The van der Waals surface area contributed by atoms with Gasteiger partial charge in [0.25, 0.3) is 5.91 Å². The van der Waals surface area contributed by atoms with E-state index in [1.54, 1.807) is 5.38 Å². The molecule has 94 valence electrons. The molecule has 17 heavy (non-hydrogen) atoms. The summed E-state index contributed by atoms with van der Waals surface area (Å²) >= 11 is 1.45. The lowest BCUT2D eigenvalue weighted by molar-refractivity contribution is 0.0944. The van der Waals surface area contributed by atoms with E-state index in [1.165, 1.54) is 24.2 Å². The molecule has 1 saturated carbocycles. The highest BCUT2D eigenvalue weighted by Gasteiger charge is 2.37. The van der Waals surface area contributed by atoms with Crippen LogP contribution in [-0.2, 0) is 0 Å². The molecule has 0 aliphatic heterocycles. The van der Waals surface area contributed by atoms with E-state index >= 15 is 0 Å². The normalized spacial score (nSPS) is 24.4. The summed E-state index contributed by atoms with van der Waals surface area (Å²) in [5, 5.41) is 5.62. The summed E-state index contributed by atoms with van der Waals surface area (Å²) in [5.74, 6) is 0.618. The van der Waals surface area contributed by atoms with E-state index in [2.05, 4.69) is 17.2 Å². The lowest BCUT2D eigenvalue weighted by atomic mass is 10.2. The molecule has 2 rings (SSSR count). The van der Waals surface area contributed by atoms with Crippen LogP contribution in [0.2, 0.25) is 0 Å². The average molecular weight is 253 g/mol. The minimum Gasteiger partial charge on any atom is -0.348 e. The van der Waals surface area contributed by atoms with E-state index in [4.69, 9.17) is 5.73 Å². The van der Waals surface area contributed by atoms with Crippen molar-refractivity contribution in [2.24, 2.45) is 11.7 Å². The number of carbonyl (C=O) groups excluding carboxylic acids is 1. The summed E-state index contributed by atoms with van der Waals surface area (Å²) in [7, 11) is 0. The molecule has 1 fully saturated rings. The van der Waals surface area contributed by atoms with Gasteiger partial charge in [-0.2, -0.15) is 0 Å². The number of nitrogens with two attached hydrogens (primary N) is 1. The van der Waals surface area contributed by atoms with Gasteiger partial charge in [0.15, 0.2) is 0 Å². The fourth-order valence-electron chi connectivity index (χ4n) is 1.96. The van der Waals surface area contributed by atoms with Crippen LogP contribution in [0.4, 0.5) is 0 Å². The molecule has 3 atom stereocenters. The predicted molar refractivity (Wildman–Crippen MR) is 69.0 cm³/mol. The lowest BCUT2D eigenvalue weighted by Gasteiger charge is -2.02. The van der Waals surface area contributed by atoms with Gasteiger partial charge in [0.1, 0.15) is 10.7 Å². The van der Waals surface area contributed by atoms with Crippen molar-refractivity contribution in [1.82, 2.24) is 10.3 Å². The number of amides is 1. The Balaban J connectivity index is 1.87. The van der Waals surface area contributed by atoms with Gasteiger partial charge in [0.2, 0.25) is 0 Å². The maximum Gasteiger partial charge on any atom is 0.270 e. The number of thiazole rings is 1. The minimum absolute atomic E-state index is 0.0586. The topological polar surface area (TPSA) is 68.0 Å². The Labute approximate surface area is 106 Å². The Kier molecular flexibility index (Phi) is 3.79. The van der Waals surface area contributed by atoms with Crippen LogP contribution in [0.1, 0.15) is 54.6 Å². The predicted octanol–water partition coefficient (Wildman–Crippen LogP) is 2.08.